The third-order valence-electron chi connectivity index (χ3n) is 1.64. The summed E-state index contributed by atoms with van der Waals surface area (Å²) in [6.07, 6.45) is 2.18. The minimum absolute atomic E-state index is 0.935. The van der Waals surface area contributed by atoms with E-state index < -0.39 is 0 Å². The second-order valence-corrected chi connectivity index (χ2v) is 2.30. The second kappa shape index (κ2) is 1.66. The topological polar surface area (TPSA) is 26.0 Å². The summed E-state index contributed by atoms with van der Waals surface area (Å²) in [4.78, 5) is 0. The Balaban J connectivity index is 2.86. The Kier molecular flexibility index (Phi) is 1.12. The Morgan fingerprint density at radius 1 is 1.50 bits per heavy atom. The quantitative estimate of drug-likeness (QED) is 0.502. The van der Waals surface area contributed by atoms with Crippen LogP contribution in [0.25, 0.3) is 0 Å². The van der Waals surface area contributed by atoms with Gasteiger partial charge in [0.05, 0.1) is 0 Å². The summed E-state index contributed by atoms with van der Waals surface area (Å²) in [7, 11) is 0. The van der Waals surface area contributed by atoms with Gasteiger partial charge in [0.25, 0.3) is 0 Å². The molecule has 0 fully saturated rings. The lowest BCUT2D eigenvalue weighted by atomic mass is 10.2. The monoisotopic (exact) mass is 109 g/mol. The molecular formula is C7H11N. The van der Waals surface area contributed by atoms with Gasteiger partial charge < -0.3 is 5.73 Å². The van der Waals surface area contributed by atoms with Crippen LogP contribution in [0.15, 0.2) is 23.4 Å². The maximum atomic E-state index is 5.60. The molecule has 0 bridgehead atoms. The Hall–Kier alpha value is -0.720. The largest absolute Gasteiger partial charge is 0.399 e. The van der Waals surface area contributed by atoms with Crippen molar-refractivity contribution in [3.05, 3.63) is 23.4 Å². The molecule has 0 aromatic carbocycles. The smallest absolute Gasteiger partial charge is 0.0329 e. The highest BCUT2D eigenvalue weighted by atomic mass is 14.6. The molecule has 0 aromatic heterocycles. The van der Waals surface area contributed by atoms with Gasteiger partial charge in [-0.3, -0.25) is 0 Å². The van der Waals surface area contributed by atoms with E-state index in [-0.39, 0.29) is 0 Å². The minimum Gasteiger partial charge on any atom is -0.399 e. The highest BCUT2D eigenvalue weighted by Crippen LogP contribution is 2.25. The Bertz CT molecular complexity index is 154. The van der Waals surface area contributed by atoms with E-state index in [9.17, 15) is 0 Å². The van der Waals surface area contributed by atoms with Crippen LogP contribution in [0.4, 0.5) is 0 Å². The van der Waals surface area contributed by atoms with Gasteiger partial charge >= 0.3 is 0 Å². The van der Waals surface area contributed by atoms with Crippen LogP contribution in [0, 0.1) is 0 Å². The molecule has 1 heteroatoms. The first-order valence-corrected chi connectivity index (χ1v) is 2.85. The molecule has 2 N–H and O–H groups in total. The third kappa shape index (κ3) is 0.641. The van der Waals surface area contributed by atoms with Gasteiger partial charge in [-0.1, -0.05) is 6.58 Å². The van der Waals surface area contributed by atoms with Gasteiger partial charge in [-0.15, -0.1) is 0 Å². The van der Waals surface area contributed by atoms with Gasteiger partial charge in [0, 0.05) is 5.70 Å². The van der Waals surface area contributed by atoms with Crippen LogP contribution >= 0.6 is 0 Å². The number of allylic oxidation sites excluding steroid dienone is 2. The zero-order valence-corrected chi connectivity index (χ0v) is 5.20. The first-order valence-electron chi connectivity index (χ1n) is 2.85. The van der Waals surface area contributed by atoms with E-state index >= 15 is 0 Å². The molecule has 0 aliphatic heterocycles. The van der Waals surface area contributed by atoms with Gasteiger partial charge in [-0.2, -0.15) is 0 Å². The standard InChI is InChI=1S/C7H11N/c1-5-3-4-6(2)7(5)8/h1,3-4,8H2,2H3. The van der Waals surface area contributed by atoms with Crippen molar-refractivity contribution in [3.8, 4) is 0 Å². The van der Waals surface area contributed by atoms with Crippen molar-refractivity contribution in [1.82, 2.24) is 0 Å². The van der Waals surface area contributed by atoms with Crippen LogP contribution in [-0.4, -0.2) is 0 Å². The van der Waals surface area contributed by atoms with Crippen LogP contribution in [-0.2, 0) is 0 Å². The molecular weight excluding hydrogens is 98.1 g/mol. The van der Waals surface area contributed by atoms with Gasteiger partial charge in [0.15, 0.2) is 0 Å². The van der Waals surface area contributed by atoms with Crippen molar-refractivity contribution in [2.75, 3.05) is 0 Å². The van der Waals surface area contributed by atoms with Crippen LogP contribution in [0.3, 0.4) is 0 Å². The van der Waals surface area contributed by atoms with Crippen molar-refractivity contribution < 1.29 is 0 Å². The molecule has 0 saturated heterocycles. The van der Waals surface area contributed by atoms with E-state index in [2.05, 4.69) is 13.5 Å². The minimum atomic E-state index is 0.935. The molecule has 0 atom stereocenters. The molecule has 1 rings (SSSR count). The summed E-state index contributed by atoms with van der Waals surface area (Å²) in [5, 5.41) is 0. The fourth-order valence-electron chi connectivity index (χ4n) is 0.910. The molecule has 44 valence electrons. The molecule has 0 amide bonds. The van der Waals surface area contributed by atoms with Crippen LogP contribution in [0.2, 0.25) is 0 Å². The van der Waals surface area contributed by atoms with Gasteiger partial charge in [-0.05, 0) is 30.9 Å². The Labute approximate surface area is 49.9 Å². The predicted octanol–water partition coefficient (Wildman–Crippen LogP) is 1.57. The van der Waals surface area contributed by atoms with Crippen LogP contribution < -0.4 is 5.73 Å². The average molecular weight is 109 g/mol. The van der Waals surface area contributed by atoms with Gasteiger partial charge in [0.1, 0.15) is 0 Å². The lowest BCUT2D eigenvalue weighted by Gasteiger charge is -1.92. The first kappa shape index (κ1) is 5.42. The maximum Gasteiger partial charge on any atom is 0.0329 e. The molecule has 8 heavy (non-hydrogen) atoms. The second-order valence-electron chi connectivity index (χ2n) is 2.30. The molecule has 1 aliphatic rings. The summed E-state index contributed by atoms with van der Waals surface area (Å²) in [5.74, 6) is 0. The zero-order chi connectivity index (χ0) is 6.15. The summed E-state index contributed by atoms with van der Waals surface area (Å²) in [6.45, 7) is 5.87. The number of hydrogen-bond acceptors (Lipinski definition) is 1. The normalized spacial score (nSPS) is 20.4. The Morgan fingerprint density at radius 2 is 2.12 bits per heavy atom. The fraction of sp³-hybridized carbons (Fsp3) is 0.429. The molecule has 0 saturated carbocycles. The van der Waals surface area contributed by atoms with E-state index in [1.165, 1.54) is 5.57 Å². The fourth-order valence-corrected chi connectivity index (χ4v) is 0.910. The highest BCUT2D eigenvalue weighted by molar-refractivity contribution is 5.35. The van der Waals surface area contributed by atoms with Crippen molar-refractivity contribution in [2.45, 2.75) is 19.8 Å². The van der Waals surface area contributed by atoms with Crippen molar-refractivity contribution in [1.29, 1.82) is 0 Å². The van der Waals surface area contributed by atoms with Gasteiger partial charge in [0.2, 0.25) is 0 Å². The van der Waals surface area contributed by atoms with Crippen LogP contribution in [0.5, 0.6) is 0 Å². The van der Waals surface area contributed by atoms with Crippen molar-refractivity contribution >= 4 is 0 Å². The summed E-state index contributed by atoms with van der Waals surface area (Å²) in [5.41, 5.74) is 8.95. The third-order valence-corrected chi connectivity index (χ3v) is 1.64. The predicted molar refractivity (Wildman–Crippen MR) is 35.3 cm³/mol. The molecule has 1 aliphatic carbocycles. The van der Waals surface area contributed by atoms with E-state index in [4.69, 9.17) is 5.73 Å². The number of rotatable bonds is 0. The van der Waals surface area contributed by atoms with E-state index in [1.807, 2.05) is 0 Å². The van der Waals surface area contributed by atoms with Crippen LogP contribution in [0.1, 0.15) is 19.8 Å². The SMILES string of the molecule is C=C1CCC(C)=C1N. The molecule has 0 spiro atoms. The number of hydrogen-bond donors (Lipinski definition) is 1. The molecule has 0 radical (unpaired) electrons. The molecule has 1 nitrogen and oxygen atoms in total. The van der Waals surface area contributed by atoms with E-state index in [1.54, 1.807) is 0 Å². The summed E-state index contributed by atoms with van der Waals surface area (Å²) < 4.78 is 0. The lowest BCUT2D eigenvalue weighted by Crippen LogP contribution is -1.95. The lowest BCUT2D eigenvalue weighted by molar-refractivity contribution is 1.01. The van der Waals surface area contributed by atoms with Crippen molar-refractivity contribution in [2.24, 2.45) is 5.73 Å². The summed E-state index contributed by atoms with van der Waals surface area (Å²) >= 11 is 0. The van der Waals surface area contributed by atoms with E-state index in [0.29, 0.717) is 0 Å². The molecule has 0 unspecified atom stereocenters. The Morgan fingerprint density at radius 3 is 2.25 bits per heavy atom. The van der Waals surface area contributed by atoms with Gasteiger partial charge in [-0.25, -0.2) is 0 Å². The highest BCUT2D eigenvalue weighted by Gasteiger charge is 2.09. The maximum absolute atomic E-state index is 5.60. The van der Waals surface area contributed by atoms with Crippen molar-refractivity contribution in [3.63, 3.8) is 0 Å². The summed E-state index contributed by atoms with van der Waals surface area (Å²) in [6, 6.07) is 0. The average Bonchev–Trinajstić information content (AvgIpc) is 1.98. The first-order chi connectivity index (χ1) is 3.72. The molecule has 0 heterocycles. The molecule has 0 aromatic rings. The van der Waals surface area contributed by atoms with E-state index in [0.717, 1.165) is 24.1 Å². The zero-order valence-electron chi connectivity index (χ0n) is 5.20. The number of nitrogens with two attached hydrogens (primary N) is 1.